The molecule has 6 aromatic heterocycles. The van der Waals surface area contributed by atoms with E-state index in [1.165, 1.54) is 0 Å². The number of likely N-dealkylation sites (tertiary alicyclic amines) is 2. The van der Waals surface area contributed by atoms with Crippen molar-refractivity contribution in [1.82, 2.24) is 49.7 Å². The van der Waals surface area contributed by atoms with E-state index in [0.717, 1.165) is 74.8 Å². The van der Waals surface area contributed by atoms with Crippen LogP contribution in [0.15, 0.2) is 49.3 Å². The van der Waals surface area contributed by atoms with Crippen molar-refractivity contribution >= 4 is 68.7 Å². The Morgan fingerprint density at radius 3 is 1.73 bits per heavy atom. The number of aromatic nitrogens is 8. The van der Waals surface area contributed by atoms with Crippen LogP contribution in [0.5, 0.6) is 0 Å². The van der Waals surface area contributed by atoms with Gasteiger partial charge in [0, 0.05) is 97.3 Å². The van der Waals surface area contributed by atoms with Crippen LogP contribution in [0.3, 0.4) is 0 Å². The fourth-order valence-electron chi connectivity index (χ4n) is 7.59. The van der Waals surface area contributed by atoms with Crippen molar-refractivity contribution in [3.8, 4) is 22.8 Å². The number of hydrogen-bond donors (Lipinski definition) is 4. The minimum Gasteiger partial charge on any atom is -0.363 e. The maximum atomic E-state index is 14.5. The zero-order valence-electron chi connectivity index (χ0n) is 32.6. The molecular weight excluding hydrogens is 801 g/mol. The third kappa shape index (κ3) is 9.38. The summed E-state index contributed by atoms with van der Waals surface area (Å²) in [4.78, 5) is 60.2. The molecule has 18 heteroatoms. The number of halogens is 4. The van der Waals surface area contributed by atoms with Gasteiger partial charge in [0.1, 0.15) is 11.3 Å². The van der Waals surface area contributed by atoms with E-state index in [1.54, 1.807) is 36.9 Å². The van der Waals surface area contributed by atoms with Gasteiger partial charge in [-0.25, -0.2) is 38.7 Å². The number of anilines is 2. The van der Waals surface area contributed by atoms with Gasteiger partial charge in [-0.1, -0.05) is 37.0 Å². The summed E-state index contributed by atoms with van der Waals surface area (Å²) in [6, 6.07) is 3.45. The number of hydrogen-bond acceptors (Lipinski definition) is 10. The van der Waals surface area contributed by atoms with Crippen LogP contribution in [0.25, 0.3) is 44.8 Å². The zero-order valence-corrected chi connectivity index (χ0v) is 34.1. The smallest absolute Gasteiger partial charge is 0.225 e. The predicted molar refractivity (Wildman–Crippen MR) is 223 cm³/mol. The highest BCUT2D eigenvalue weighted by Crippen LogP contribution is 2.33. The molecule has 0 spiro atoms. The molecule has 0 unspecified atom stereocenters. The van der Waals surface area contributed by atoms with E-state index in [9.17, 15) is 18.4 Å². The largest absolute Gasteiger partial charge is 0.363 e. The van der Waals surface area contributed by atoms with Gasteiger partial charge in [-0.3, -0.25) is 9.59 Å². The first-order chi connectivity index (χ1) is 28.5. The summed E-state index contributed by atoms with van der Waals surface area (Å²) in [6.45, 7) is 6.68. The normalized spacial score (nSPS) is 18.2. The molecule has 59 heavy (non-hydrogen) atoms. The van der Waals surface area contributed by atoms with Crippen molar-refractivity contribution < 1.29 is 18.4 Å². The highest BCUT2D eigenvalue weighted by molar-refractivity contribution is 6.31. The van der Waals surface area contributed by atoms with Crippen LogP contribution >= 0.6 is 23.2 Å². The molecule has 2 atom stereocenters. The molecule has 1 saturated carbocycles. The SMILES string of the molecule is CC(C)CC(=O)N1CCC[C@@H](Nc2nc(-c3c[nH]c4ncc(Cl)cc34)ncc2F)C1.O=C(C1CC1)N1CCC[C@@H](Nc2nc(-c3c[nH]c4ncc(Cl)cc34)ncc2F)C1. The molecule has 9 rings (SSSR count). The molecule has 1 aliphatic carbocycles. The predicted octanol–water partition coefficient (Wildman–Crippen LogP) is 7.89. The average molecular weight is 846 g/mol. The van der Waals surface area contributed by atoms with Crippen LogP contribution in [0.4, 0.5) is 20.4 Å². The molecule has 0 aromatic carbocycles. The molecule has 308 valence electrons. The Bertz CT molecular complexity index is 2490. The minimum atomic E-state index is -0.527. The van der Waals surface area contributed by atoms with Crippen molar-refractivity contribution in [2.75, 3.05) is 36.8 Å². The number of amides is 2. The molecule has 2 saturated heterocycles. The van der Waals surface area contributed by atoms with Crippen molar-refractivity contribution in [2.24, 2.45) is 11.8 Å². The van der Waals surface area contributed by atoms with Gasteiger partial charge in [-0.05, 0) is 56.6 Å². The van der Waals surface area contributed by atoms with Gasteiger partial charge in [-0.15, -0.1) is 0 Å². The number of rotatable bonds is 9. The molecule has 6 aromatic rings. The van der Waals surface area contributed by atoms with Crippen molar-refractivity contribution in [3.05, 3.63) is 71.0 Å². The van der Waals surface area contributed by atoms with Crippen LogP contribution in [-0.2, 0) is 9.59 Å². The Labute approximate surface area is 349 Å². The first kappa shape index (κ1) is 40.3. The first-order valence-electron chi connectivity index (χ1n) is 19.9. The number of piperidine rings is 2. The van der Waals surface area contributed by atoms with Gasteiger partial charge < -0.3 is 30.4 Å². The van der Waals surface area contributed by atoms with Gasteiger partial charge in [0.05, 0.1) is 22.4 Å². The van der Waals surface area contributed by atoms with Crippen molar-refractivity contribution in [3.63, 3.8) is 0 Å². The number of carbonyl (C=O) groups is 2. The van der Waals surface area contributed by atoms with Gasteiger partial charge >= 0.3 is 0 Å². The number of H-pyrrole nitrogens is 2. The van der Waals surface area contributed by atoms with Crippen LogP contribution in [-0.4, -0.2) is 99.7 Å². The number of carbonyl (C=O) groups excluding carboxylic acids is 2. The van der Waals surface area contributed by atoms with E-state index >= 15 is 0 Å². The summed E-state index contributed by atoms with van der Waals surface area (Å²) in [5.74, 6) is 0.856. The van der Waals surface area contributed by atoms with Gasteiger partial charge in [0.15, 0.2) is 34.9 Å². The Morgan fingerprint density at radius 1 is 0.746 bits per heavy atom. The third-order valence-corrected chi connectivity index (χ3v) is 11.1. The molecular formula is C41H44Cl2F2N12O2. The number of nitrogens with zero attached hydrogens (tertiary/aromatic N) is 8. The van der Waals surface area contributed by atoms with E-state index in [0.29, 0.717) is 69.5 Å². The van der Waals surface area contributed by atoms with Gasteiger partial charge in [0.25, 0.3) is 0 Å². The summed E-state index contributed by atoms with van der Waals surface area (Å²) >= 11 is 12.1. The standard InChI is InChI=1S/C21H24ClFN6O.C20H20ClFN6O/c1-12(2)6-18(30)29-5-3-4-14(11-29)27-21-17(23)10-26-20(28-21)16-9-25-19-15(16)7-13(22)8-24-19;21-12-6-14-15(8-24-17(14)23-7-12)18-25-9-16(22)19(27-18)26-13-2-1-5-28(10-13)20(29)11-3-4-11/h7-10,12,14H,3-6,11H2,1-2H3,(H,24,25)(H,26,27,28);6-9,11,13H,1-5,10H2,(H,23,24)(H,25,26,27)/t14-;13-/m11/s1. The number of nitrogens with one attached hydrogen (secondary N) is 4. The average Bonchev–Trinajstić information content (AvgIpc) is 3.87. The molecule has 2 aliphatic heterocycles. The highest BCUT2D eigenvalue weighted by atomic mass is 35.5. The topological polar surface area (TPSA) is 174 Å². The lowest BCUT2D eigenvalue weighted by atomic mass is 10.0. The molecule has 8 heterocycles. The molecule has 2 amide bonds. The van der Waals surface area contributed by atoms with Crippen LogP contribution in [0.1, 0.15) is 58.8 Å². The van der Waals surface area contributed by atoms with E-state index in [-0.39, 0.29) is 41.5 Å². The second-order valence-corrected chi connectivity index (χ2v) is 16.6. The van der Waals surface area contributed by atoms with Crippen LogP contribution in [0, 0.1) is 23.5 Å². The molecule has 4 N–H and O–H groups in total. The third-order valence-electron chi connectivity index (χ3n) is 10.7. The fourth-order valence-corrected chi connectivity index (χ4v) is 7.91. The monoisotopic (exact) mass is 844 g/mol. The Morgan fingerprint density at radius 2 is 1.24 bits per heavy atom. The van der Waals surface area contributed by atoms with Gasteiger partial charge in [-0.2, -0.15) is 0 Å². The van der Waals surface area contributed by atoms with E-state index in [4.69, 9.17) is 23.2 Å². The highest BCUT2D eigenvalue weighted by Gasteiger charge is 2.35. The van der Waals surface area contributed by atoms with Crippen molar-refractivity contribution in [1.29, 1.82) is 0 Å². The number of aromatic amines is 2. The zero-order chi connectivity index (χ0) is 41.2. The first-order valence-corrected chi connectivity index (χ1v) is 20.6. The van der Waals surface area contributed by atoms with E-state index in [2.05, 4.69) is 50.5 Å². The second-order valence-electron chi connectivity index (χ2n) is 15.7. The molecule has 3 aliphatic rings. The van der Waals surface area contributed by atoms with E-state index < -0.39 is 11.6 Å². The Hall–Kier alpha value is -5.48. The summed E-state index contributed by atoms with van der Waals surface area (Å²) < 4.78 is 28.9. The summed E-state index contributed by atoms with van der Waals surface area (Å²) in [7, 11) is 0. The quantitative estimate of drug-likeness (QED) is 0.112. The van der Waals surface area contributed by atoms with Crippen LogP contribution in [0.2, 0.25) is 10.0 Å². The Kier molecular flexibility index (Phi) is 11.9. The fraction of sp³-hybridized carbons (Fsp3) is 0.415. The summed E-state index contributed by atoms with van der Waals surface area (Å²) in [5, 5.41) is 8.90. The molecule has 3 fully saturated rings. The Balaban J connectivity index is 0.000000164. The van der Waals surface area contributed by atoms with Crippen LogP contribution < -0.4 is 10.6 Å². The maximum Gasteiger partial charge on any atom is 0.225 e. The molecule has 14 nitrogen and oxygen atoms in total. The van der Waals surface area contributed by atoms with Gasteiger partial charge in [0.2, 0.25) is 11.8 Å². The second kappa shape index (κ2) is 17.4. The van der Waals surface area contributed by atoms with Crippen molar-refractivity contribution in [2.45, 2.75) is 70.9 Å². The number of pyridine rings is 2. The number of fused-ring (bicyclic) bond motifs is 2. The molecule has 0 radical (unpaired) electrons. The lowest BCUT2D eigenvalue weighted by molar-refractivity contribution is -0.134. The summed E-state index contributed by atoms with van der Waals surface area (Å²) in [5.41, 5.74) is 2.71. The minimum absolute atomic E-state index is 0.0391. The molecule has 0 bridgehead atoms. The lowest BCUT2D eigenvalue weighted by Gasteiger charge is -2.34. The van der Waals surface area contributed by atoms with E-state index in [1.807, 2.05) is 23.6 Å². The lowest BCUT2D eigenvalue weighted by Crippen LogP contribution is -2.45. The maximum absolute atomic E-state index is 14.5. The summed E-state index contributed by atoms with van der Waals surface area (Å²) in [6.07, 6.45) is 14.9.